The summed E-state index contributed by atoms with van der Waals surface area (Å²) in [6, 6.07) is 0.388. The van der Waals surface area contributed by atoms with Crippen molar-refractivity contribution in [2.24, 2.45) is 11.7 Å². The molecule has 1 unspecified atom stereocenters. The molecule has 0 aliphatic heterocycles. The molecule has 3 N–H and O–H groups in total. The molecule has 0 rings (SSSR count). The van der Waals surface area contributed by atoms with Gasteiger partial charge in [-0.1, -0.05) is 46.5 Å². The SMILES string of the molecule is CCC(N)CCNCCCCCCC(C)C. The topological polar surface area (TPSA) is 38.0 Å². The van der Waals surface area contributed by atoms with E-state index in [1.165, 1.54) is 32.1 Å². The average molecular weight is 228 g/mol. The summed E-state index contributed by atoms with van der Waals surface area (Å²) in [6.07, 6.45) is 9.09. The summed E-state index contributed by atoms with van der Waals surface area (Å²) in [5.74, 6) is 0.869. The first-order valence-electron chi connectivity index (χ1n) is 7.13. The monoisotopic (exact) mass is 228 g/mol. The molecule has 1 atom stereocenters. The van der Waals surface area contributed by atoms with Crippen LogP contribution in [0.2, 0.25) is 0 Å². The highest BCUT2D eigenvalue weighted by atomic mass is 14.8. The lowest BCUT2D eigenvalue weighted by Gasteiger charge is -2.09. The Labute approximate surface area is 102 Å². The van der Waals surface area contributed by atoms with Crippen molar-refractivity contribution in [3.05, 3.63) is 0 Å². The van der Waals surface area contributed by atoms with Gasteiger partial charge in [0, 0.05) is 6.04 Å². The molecule has 98 valence electrons. The van der Waals surface area contributed by atoms with Crippen LogP contribution in [0.25, 0.3) is 0 Å². The van der Waals surface area contributed by atoms with Crippen LogP contribution in [0.1, 0.15) is 65.7 Å². The first kappa shape index (κ1) is 15.9. The van der Waals surface area contributed by atoms with Gasteiger partial charge in [-0.25, -0.2) is 0 Å². The van der Waals surface area contributed by atoms with Crippen molar-refractivity contribution in [1.29, 1.82) is 0 Å². The van der Waals surface area contributed by atoms with Crippen LogP contribution in [0.5, 0.6) is 0 Å². The van der Waals surface area contributed by atoms with E-state index in [0.29, 0.717) is 6.04 Å². The summed E-state index contributed by atoms with van der Waals surface area (Å²) in [5, 5.41) is 3.47. The van der Waals surface area contributed by atoms with Crippen molar-refractivity contribution in [3.63, 3.8) is 0 Å². The van der Waals surface area contributed by atoms with E-state index in [-0.39, 0.29) is 0 Å². The normalized spacial score (nSPS) is 13.3. The van der Waals surface area contributed by atoms with Crippen molar-refractivity contribution in [2.45, 2.75) is 71.8 Å². The van der Waals surface area contributed by atoms with Gasteiger partial charge in [0.15, 0.2) is 0 Å². The van der Waals surface area contributed by atoms with Crippen molar-refractivity contribution >= 4 is 0 Å². The van der Waals surface area contributed by atoms with Crippen LogP contribution in [0.15, 0.2) is 0 Å². The molecule has 0 aliphatic rings. The second kappa shape index (κ2) is 11.4. The minimum Gasteiger partial charge on any atom is -0.328 e. The molecule has 0 aromatic rings. The number of nitrogens with one attached hydrogen (secondary N) is 1. The first-order valence-corrected chi connectivity index (χ1v) is 7.13. The number of unbranched alkanes of at least 4 members (excludes halogenated alkanes) is 3. The third-order valence-electron chi connectivity index (χ3n) is 3.10. The standard InChI is InChI=1S/C14H32N2/c1-4-14(15)10-12-16-11-8-6-5-7-9-13(2)3/h13-14,16H,4-12,15H2,1-3H3. The number of hydrogen-bond acceptors (Lipinski definition) is 2. The van der Waals surface area contributed by atoms with Gasteiger partial charge >= 0.3 is 0 Å². The summed E-state index contributed by atoms with van der Waals surface area (Å²) in [4.78, 5) is 0. The van der Waals surface area contributed by atoms with Crippen molar-refractivity contribution < 1.29 is 0 Å². The summed E-state index contributed by atoms with van der Waals surface area (Å²) in [6.45, 7) is 9.01. The van der Waals surface area contributed by atoms with E-state index in [9.17, 15) is 0 Å². The van der Waals surface area contributed by atoms with Gasteiger partial charge < -0.3 is 11.1 Å². The van der Waals surface area contributed by atoms with Gasteiger partial charge in [0.25, 0.3) is 0 Å². The van der Waals surface area contributed by atoms with Gasteiger partial charge in [0.05, 0.1) is 0 Å². The fourth-order valence-electron chi connectivity index (χ4n) is 1.77. The first-order chi connectivity index (χ1) is 7.66. The van der Waals surface area contributed by atoms with Gasteiger partial charge in [-0.2, -0.15) is 0 Å². The Balaban J connectivity index is 2.99. The molecule has 0 heterocycles. The van der Waals surface area contributed by atoms with Crippen molar-refractivity contribution in [3.8, 4) is 0 Å². The number of hydrogen-bond donors (Lipinski definition) is 2. The van der Waals surface area contributed by atoms with E-state index in [1.807, 2.05) is 0 Å². The van der Waals surface area contributed by atoms with E-state index in [4.69, 9.17) is 5.73 Å². The summed E-state index contributed by atoms with van der Waals surface area (Å²) in [5.41, 5.74) is 5.84. The van der Waals surface area contributed by atoms with E-state index < -0.39 is 0 Å². The second-order valence-electron chi connectivity index (χ2n) is 5.30. The molecule has 0 radical (unpaired) electrons. The highest BCUT2D eigenvalue weighted by molar-refractivity contribution is 4.60. The molecule has 16 heavy (non-hydrogen) atoms. The summed E-state index contributed by atoms with van der Waals surface area (Å²) < 4.78 is 0. The van der Waals surface area contributed by atoms with Gasteiger partial charge in [-0.15, -0.1) is 0 Å². The Kier molecular flexibility index (Phi) is 11.3. The number of nitrogens with two attached hydrogens (primary N) is 1. The molecule has 0 aromatic heterocycles. The van der Waals surface area contributed by atoms with Crippen molar-refractivity contribution in [2.75, 3.05) is 13.1 Å². The lowest BCUT2D eigenvalue weighted by molar-refractivity contribution is 0.503. The quantitative estimate of drug-likeness (QED) is 0.532. The highest BCUT2D eigenvalue weighted by Gasteiger charge is 1.97. The van der Waals surface area contributed by atoms with E-state index >= 15 is 0 Å². The van der Waals surface area contributed by atoms with Gasteiger partial charge in [-0.3, -0.25) is 0 Å². The van der Waals surface area contributed by atoms with Crippen LogP contribution in [0, 0.1) is 5.92 Å². The van der Waals surface area contributed by atoms with Crippen LogP contribution < -0.4 is 11.1 Å². The van der Waals surface area contributed by atoms with Gasteiger partial charge in [0.1, 0.15) is 0 Å². The van der Waals surface area contributed by atoms with E-state index in [2.05, 4.69) is 26.1 Å². The Hall–Kier alpha value is -0.0800. The Bertz CT molecular complexity index is 135. The molecule has 0 bridgehead atoms. The van der Waals surface area contributed by atoms with Gasteiger partial charge in [-0.05, 0) is 38.3 Å². The fourth-order valence-corrected chi connectivity index (χ4v) is 1.77. The minimum atomic E-state index is 0.388. The molecule has 0 fully saturated rings. The van der Waals surface area contributed by atoms with Gasteiger partial charge in [0.2, 0.25) is 0 Å². The summed E-state index contributed by atoms with van der Waals surface area (Å²) in [7, 11) is 0. The predicted octanol–water partition coefficient (Wildman–Crippen LogP) is 3.31. The Morgan fingerprint density at radius 1 is 0.938 bits per heavy atom. The van der Waals surface area contributed by atoms with Crippen LogP contribution in [0.3, 0.4) is 0 Å². The molecule has 0 aliphatic carbocycles. The maximum absolute atomic E-state index is 5.84. The zero-order chi connectivity index (χ0) is 12.2. The maximum atomic E-state index is 5.84. The largest absolute Gasteiger partial charge is 0.328 e. The second-order valence-corrected chi connectivity index (χ2v) is 5.30. The zero-order valence-corrected chi connectivity index (χ0v) is 11.6. The minimum absolute atomic E-state index is 0.388. The Morgan fingerprint density at radius 2 is 1.62 bits per heavy atom. The van der Waals surface area contributed by atoms with E-state index in [0.717, 1.165) is 31.8 Å². The Morgan fingerprint density at radius 3 is 2.25 bits per heavy atom. The van der Waals surface area contributed by atoms with Crippen LogP contribution in [0.4, 0.5) is 0 Å². The molecule has 0 spiro atoms. The molecular weight excluding hydrogens is 196 g/mol. The molecular formula is C14H32N2. The number of rotatable bonds is 11. The average Bonchev–Trinajstić information content (AvgIpc) is 2.26. The predicted molar refractivity (Wildman–Crippen MR) is 73.7 cm³/mol. The van der Waals surface area contributed by atoms with Crippen LogP contribution in [-0.4, -0.2) is 19.1 Å². The third kappa shape index (κ3) is 12.0. The zero-order valence-electron chi connectivity index (χ0n) is 11.6. The fraction of sp³-hybridized carbons (Fsp3) is 1.00. The molecule has 2 heteroatoms. The van der Waals surface area contributed by atoms with E-state index in [1.54, 1.807) is 0 Å². The summed E-state index contributed by atoms with van der Waals surface area (Å²) >= 11 is 0. The lowest BCUT2D eigenvalue weighted by Crippen LogP contribution is -2.26. The lowest BCUT2D eigenvalue weighted by atomic mass is 10.0. The molecule has 0 amide bonds. The molecule has 0 aromatic carbocycles. The molecule has 0 saturated carbocycles. The maximum Gasteiger partial charge on any atom is 0.00482 e. The molecule has 0 saturated heterocycles. The van der Waals surface area contributed by atoms with Crippen LogP contribution >= 0.6 is 0 Å². The van der Waals surface area contributed by atoms with Crippen molar-refractivity contribution in [1.82, 2.24) is 5.32 Å². The third-order valence-corrected chi connectivity index (χ3v) is 3.10. The smallest absolute Gasteiger partial charge is 0.00482 e. The highest BCUT2D eigenvalue weighted by Crippen LogP contribution is 2.08. The molecule has 2 nitrogen and oxygen atoms in total. The van der Waals surface area contributed by atoms with Crippen LogP contribution in [-0.2, 0) is 0 Å².